The topological polar surface area (TPSA) is 93.4 Å². The summed E-state index contributed by atoms with van der Waals surface area (Å²) in [6.45, 7) is 1.70. The van der Waals surface area contributed by atoms with E-state index in [4.69, 9.17) is 28.1 Å². The van der Waals surface area contributed by atoms with Gasteiger partial charge in [-0.3, -0.25) is 4.79 Å². The smallest absolute Gasteiger partial charge is 0.343 e. The van der Waals surface area contributed by atoms with Gasteiger partial charge in [0, 0.05) is 6.07 Å². The lowest BCUT2D eigenvalue weighted by Crippen LogP contribution is -2.10. The first kappa shape index (κ1) is 23.7. The summed E-state index contributed by atoms with van der Waals surface area (Å²) >= 11 is 0. The molecule has 4 aromatic rings. The molecule has 0 aliphatic heterocycles. The molecule has 0 bridgehead atoms. The fourth-order valence-corrected chi connectivity index (χ4v) is 3.80. The van der Waals surface area contributed by atoms with Gasteiger partial charge in [0.1, 0.15) is 17.1 Å². The predicted octanol–water partition coefficient (Wildman–Crippen LogP) is 5.02. The quantitative estimate of drug-likeness (QED) is 0.271. The molecule has 8 heteroatoms. The summed E-state index contributed by atoms with van der Waals surface area (Å²) in [5.74, 6) is 2.02. The van der Waals surface area contributed by atoms with E-state index < -0.39 is 5.97 Å². The minimum Gasteiger partial charge on any atom is -0.493 e. The molecule has 4 rings (SSSR count). The Morgan fingerprint density at radius 2 is 1.37 bits per heavy atom. The lowest BCUT2D eigenvalue weighted by atomic mass is 10.0. The highest BCUT2D eigenvalue weighted by Gasteiger charge is 2.18. The Hall–Kier alpha value is -4.46. The normalized spacial score (nSPS) is 10.7. The molecule has 0 spiro atoms. The molecule has 0 amide bonds. The summed E-state index contributed by atoms with van der Waals surface area (Å²) in [6.07, 6.45) is 0. The molecule has 0 atom stereocenters. The molecule has 1 heterocycles. The van der Waals surface area contributed by atoms with Crippen molar-refractivity contribution in [2.24, 2.45) is 0 Å². The molecule has 0 radical (unpaired) electrons. The molecular weight excluding hydrogens is 452 g/mol. The minimum absolute atomic E-state index is 0.214. The van der Waals surface area contributed by atoms with Crippen LogP contribution in [0.2, 0.25) is 0 Å². The van der Waals surface area contributed by atoms with E-state index in [9.17, 15) is 9.59 Å². The Bertz CT molecular complexity index is 1470. The fraction of sp³-hybridized carbons (Fsp3) is 0.185. The first-order chi connectivity index (χ1) is 16.9. The van der Waals surface area contributed by atoms with Crippen molar-refractivity contribution in [2.45, 2.75) is 6.92 Å². The van der Waals surface area contributed by atoms with Crippen molar-refractivity contribution >= 4 is 16.9 Å². The molecule has 0 aliphatic carbocycles. The van der Waals surface area contributed by atoms with Crippen LogP contribution < -0.4 is 29.1 Å². The zero-order valence-corrected chi connectivity index (χ0v) is 20.0. The molecule has 3 aromatic carbocycles. The van der Waals surface area contributed by atoms with E-state index in [0.717, 1.165) is 0 Å². The van der Waals surface area contributed by atoms with Crippen molar-refractivity contribution < 1.29 is 32.9 Å². The van der Waals surface area contributed by atoms with E-state index in [1.54, 1.807) is 56.5 Å². The summed E-state index contributed by atoms with van der Waals surface area (Å²) in [4.78, 5) is 26.0. The molecule has 0 saturated heterocycles. The first-order valence-electron chi connectivity index (χ1n) is 10.6. The van der Waals surface area contributed by atoms with Crippen LogP contribution in [0.1, 0.15) is 16.1 Å². The Kier molecular flexibility index (Phi) is 6.64. The van der Waals surface area contributed by atoms with Crippen LogP contribution in [0.4, 0.5) is 0 Å². The fourth-order valence-electron chi connectivity index (χ4n) is 3.80. The van der Waals surface area contributed by atoms with Crippen molar-refractivity contribution in [1.29, 1.82) is 0 Å². The summed E-state index contributed by atoms with van der Waals surface area (Å²) in [6, 6.07) is 14.6. The third-order valence-electron chi connectivity index (χ3n) is 5.54. The maximum atomic E-state index is 13.3. The minimum atomic E-state index is -0.591. The number of hydrogen-bond donors (Lipinski definition) is 0. The number of carbonyl (C=O) groups is 1. The third kappa shape index (κ3) is 4.50. The number of ether oxygens (including phenoxy) is 5. The van der Waals surface area contributed by atoms with Crippen LogP contribution in [0.3, 0.4) is 0 Å². The van der Waals surface area contributed by atoms with Crippen LogP contribution in [0.15, 0.2) is 63.8 Å². The van der Waals surface area contributed by atoms with Crippen LogP contribution in [-0.2, 0) is 0 Å². The maximum Gasteiger partial charge on any atom is 0.343 e. The molecule has 0 saturated carbocycles. The monoisotopic (exact) mass is 476 g/mol. The second-order valence-corrected chi connectivity index (χ2v) is 7.55. The van der Waals surface area contributed by atoms with Crippen LogP contribution in [-0.4, -0.2) is 34.4 Å². The average Bonchev–Trinajstić information content (AvgIpc) is 2.87. The maximum absolute atomic E-state index is 13.3. The standard InChI is InChI=1S/C27H24O8/c1-15-25(16-6-10-20(30-2)23(12-16)32-4)26(28)19-9-8-18(14-22(19)34-15)35-27(29)17-7-11-21(31-3)24(13-17)33-5/h6-14H,1-5H3. The molecule has 1 aromatic heterocycles. The van der Waals surface area contributed by atoms with Gasteiger partial charge in [-0.05, 0) is 55.0 Å². The van der Waals surface area contributed by atoms with E-state index >= 15 is 0 Å². The Balaban J connectivity index is 1.68. The Morgan fingerprint density at radius 1 is 0.743 bits per heavy atom. The van der Waals surface area contributed by atoms with Gasteiger partial charge in [-0.1, -0.05) is 6.07 Å². The van der Waals surface area contributed by atoms with Gasteiger partial charge < -0.3 is 28.1 Å². The van der Waals surface area contributed by atoms with Gasteiger partial charge >= 0.3 is 5.97 Å². The molecule has 180 valence electrons. The SMILES string of the molecule is COc1ccc(C(=O)Oc2ccc3c(=O)c(-c4ccc(OC)c(OC)c4)c(C)oc3c2)cc1OC. The number of aryl methyl sites for hydroxylation is 1. The van der Waals surface area contributed by atoms with Gasteiger partial charge in [0.2, 0.25) is 5.43 Å². The van der Waals surface area contributed by atoms with Crippen LogP contribution >= 0.6 is 0 Å². The zero-order chi connectivity index (χ0) is 25.1. The zero-order valence-electron chi connectivity index (χ0n) is 20.0. The number of rotatable bonds is 7. The molecule has 0 fully saturated rings. The van der Waals surface area contributed by atoms with Gasteiger partial charge in [-0.15, -0.1) is 0 Å². The van der Waals surface area contributed by atoms with E-state index in [2.05, 4.69) is 0 Å². The van der Waals surface area contributed by atoms with Crippen LogP contribution in [0, 0.1) is 6.92 Å². The number of hydrogen-bond acceptors (Lipinski definition) is 8. The summed E-state index contributed by atoms with van der Waals surface area (Å²) in [5, 5.41) is 0.353. The molecule has 0 N–H and O–H groups in total. The number of esters is 1. The number of carbonyl (C=O) groups excluding carboxylic acids is 1. The molecule has 35 heavy (non-hydrogen) atoms. The highest BCUT2D eigenvalue weighted by atomic mass is 16.5. The van der Waals surface area contributed by atoms with Crippen molar-refractivity contribution in [3.8, 4) is 39.9 Å². The second kappa shape index (κ2) is 9.80. The number of fused-ring (bicyclic) bond motifs is 1. The van der Waals surface area contributed by atoms with Gasteiger partial charge in [0.05, 0.1) is 45.0 Å². The van der Waals surface area contributed by atoms with Crippen molar-refractivity contribution in [3.63, 3.8) is 0 Å². The largest absolute Gasteiger partial charge is 0.493 e. The number of methoxy groups -OCH3 is 4. The van der Waals surface area contributed by atoms with Crippen molar-refractivity contribution in [2.75, 3.05) is 28.4 Å². The molecular formula is C27H24O8. The van der Waals surface area contributed by atoms with Gasteiger partial charge in [0.15, 0.2) is 23.0 Å². The summed E-state index contributed by atoms with van der Waals surface area (Å²) in [5.41, 5.74) is 1.42. The Labute approximate surface area is 201 Å². The highest BCUT2D eigenvalue weighted by Crippen LogP contribution is 2.34. The second-order valence-electron chi connectivity index (χ2n) is 7.55. The van der Waals surface area contributed by atoms with E-state index in [-0.39, 0.29) is 16.7 Å². The first-order valence-corrected chi connectivity index (χ1v) is 10.6. The third-order valence-corrected chi connectivity index (χ3v) is 5.54. The molecule has 0 unspecified atom stereocenters. The lowest BCUT2D eigenvalue weighted by Gasteiger charge is -2.12. The van der Waals surface area contributed by atoms with Gasteiger partial charge in [0.25, 0.3) is 0 Å². The summed E-state index contributed by atoms with van der Waals surface area (Å²) < 4.78 is 32.5. The molecule has 8 nitrogen and oxygen atoms in total. The van der Waals surface area contributed by atoms with Gasteiger partial charge in [-0.25, -0.2) is 4.79 Å². The lowest BCUT2D eigenvalue weighted by molar-refractivity contribution is 0.0734. The average molecular weight is 476 g/mol. The van der Waals surface area contributed by atoms with E-state index in [1.807, 2.05) is 0 Å². The van der Waals surface area contributed by atoms with Gasteiger partial charge in [-0.2, -0.15) is 0 Å². The van der Waals surface area contributed by atoms with Crippen LogP contribution in [0.25, 0.3) is 22.1 Å². The van der Waals surface area contributed by atoms with Crippen LogP contribution in [0.5, 0.6) is 28.7 Å². The van der Waals surface area contributed by atoms with E-state index in [0.29, 0.717) is 50.9 Å². The predicted molar refractivity (Wildman–Crippen MR) is 130 cm³/mol. The summed E-state index contributed by atoms with van der Waals surface area (Å²) in [7, 11) is 6.07. The molecule has 0 aliphatic rings. The van der Waals surface area contributed by atoms with E-state index in [1.165, 1.54) is 33.5 Å². The van der Waals surface area contributed by atoms with Crippen molar-refractivity contribution in [3.05, 3.63) is 76.1 Å². The number of benzene rings is 3. The van der Waals surface area contributed by atoms with Crippen molar-refractivity contribution in [1.82, 2.24) is 0 Å². The Morgan fingerprint density at radius 3 is 2.03 bits per heavy atom. The highest BCUT2D eigenvalue weighted by molar-refractivity contribution is 5.92.